The average molecular weight is 325 g/mol. The number of amides is 2. The smallest absolute Gasteiger partial charge is 0.253 e. The molecule has 0 spiro atoms. The van der Waals surface area contributed by atoms with Crippen molar-refractivity contribution in [1.29, 1.82) is 0 Å². The van der Waals surface area contributed by atoms with E-state index >= 15 is 0 Å². The molecule has 5 heteroatoms. The number of carbonyl (C=O) groups excluding carboxylic acids is 2. The Hall–Kier alpha value is -2.30. The summed E-state index contributed by atoms with van der Waals surface area (Å²) >= 11 is 0. The molecule has 4 rings (SSSR count). The molecular formula is C19H23N3O2. The fourth-order valence-electron chi connectivity index (χ4n) is 4.05. The third kappa shape index (κ3) is 2.79. The lowest BCUT2D eigenvalue weighted by molar-refractivity contribution is -0.134. The average Bonchev–Trinajstić information content (AvgIpc) is 3.34. The van der Waals surface area contributed by atoms with Gasteiger partial charge in [0.05, 0.1) is 11.1 Å². The molecule has 2 heterocycles. The fraction of sp³-hybridized carbons (Fsp3) is 0.474. The van der Waals surface area contributed by atoms with Crippen LogP contribution in [-0.2, 0) is 4.79 Å². The van der Waals surface area contributed by atoms with Crippen molar-refractivity contribution < 1.29 is 9.59 Å². The number of aromatic amines is 1. The molecule has 5 nitrogen and oxygen atoms in total. The van der Waals surface area contributed by atoms with Crippen LogP contribution >= 0.6 is 0 Å². The molecule has 1 saturated carbocycles. The van der Waals surface area contributed by atoms with Crippen molar-refractivity contribution >= 4 is 22.7 Å². The predicted molar refractivity (Wildman–Crippen MR) is 92.7 cm³/mol. The van der Waals surface area contributed by atoms with Gasteiger partial charge in [0, 0.05) is 36.6 Å². The quantitative estimate of drug-likeness (QED) is 0.911. The Kier molecular flexibility index (Phi) is 4.00. The zero-order valence-electron chi connectivity index (χ0n) is 13.8. The van der Waals surface area contributed by atoms with E-state index < -0.39 is 0 Å². The number of hydrogen-bond donors (Lipinski definition) is 2. The summed E-state index contributed by atoms with van der Waals surface area (Å²) in [5.74, 6) is 0.436. The van der Waals surface area contributed by atoms with Crippen LogP contribution in [0.5, 0.6) is 0 Å². The van der Waals surface area contributed by atoms with E-state index in [-0.39, 0.29) is 23.8 Å². The highest BCUT2D eigenvalue weighted by molar-refractivity contribution is 6.05. The van der Waals surface area contributed by atoms with Gasteiger partial charge in [-0.1, -0.05) is 25.0 Å². The molecule has 126 valence electrons. The molecule has 2 aromatic rings. The monoisotopic (exact) mass is 325 g/mol. The predicted octanol–water partition coefficient (Wildman–Crippen LogP) is 2.69. The lowest BCUT2D eigenvalue weighted by Gasteiger charge is -2.20. The van der Waals surface area contributed by atoms with Gasteiger partial charge in [-0.2, -0.15) is 0 Å². The molecule has 2 aliphatic rings. The van der Waals surface area contributed by atoms with Crippen molar-refractivity contribution in [1.82, 2.24) is 15.2 Å². The van der Waals surface area contributed by atoms with Crippen molar-refractivity contribution in [3.63, 3.8) is 0 Å². The highest BCUT2D eigenvalue weighted by atomic mass is 16.2. The minimum atomic E-state index is -0.0665. The van der Waals surface area contributed by atoms with E-state index in [4.69, 9.17) is 0 Å². The SMILES string of the molecule is O=C(NC1CCN(C(=O)C2CCCC2)C1)c1cccc2cc[nH]c12. The lowest BCUT2D eigenvalue weighted by atomic mass is 10.1. The van der Waals surface area contributed by atoms with Crippen molar-refractivity contribution in [2.45, 2.75) is 38.1 Å². The number of benzene rings is 1. The van der Waals surface area contributed by atoms with E-state index in [1.807, 2.05) is 35.4 Å². The maximum Gasteiger partial charge on any atom is 0.253 e. The fourth-order valence-corrected chi connectivity index (χ4v) is 4.05. The number of nitrogens with one attached hydrogen (secondary N) is 2. The number of fused-ring (bicyclic) bond motifs is 1. The molecule has 2 amide bonds. The van der Waals surface area contributed by atoms with Crippen molar-refractivity contribution in [3.05, 3.63) is 36.0 Å². The van der Waals surface area contributed by atoms with Crippen LogP contribution in [0, 0.1) is 5.92 Å². The Labute approximate surface area is 141 Å². The van der Waals surface area contributed by atoms with Gasteiger partial charge in [0.1, 0.15) is 0 Å². The highest BCUT2D eigenvalue weighted by Crippen LogP contribution is 2.28. The summed E-state index contributed by atoms with van der Waals surface area (Å²) in [4.78, 5) is 30.2. The van der Waals surface area contributed by atoms with Crippen LogP contribution in [0.3, 0.4) is 0 Å². The van der Waals surface area contributed by atoms with E-state index in [1.165, 1.54) is 12.8 Å². The third-order valence-electron chi connectivity index (χ3n) is 5.37. The number of nitrogens with zero attached hydrogens (tertiary/aromatic N) is 1. The zero-order valence-corrected chi connectivity index (χ0v) is 13.8. The maximum atomic E-state index is 12.6. The van der Waals surface area contributed by atoms with Crippen LogP contribution in [0.25, 0.3) is 10.9 Å². The number of para-hydroxylation sites is 1. The molecule has 1 aliphatic carbocycles. The van der Waals surface area contributed by atoms with Gasteiger partial charge in [0.15, 0.2) is 0 Å². The first-order chi connectivity index (χ1) is 11.7. The van der Waals surface area contributed by atoms with Gasteiger partial charge >= 0.3 is 0 Å². The van der Waals surface area contributed by atoms with Gasteiger partial charge in [-0.15, -0.1) is 0 Å². The molecule has 2 N–H and O–H groups in total. The molecule has 24 heavy (non-hydrogen) atoms. The van der Waals surface area contributed by atoms with Crippen LogP contribution in [0.15, 0.2) is 30.5 Å². The summed E-state index contributed by atoms with van der Waals surface area (Å²) in [5.41, 5.74) is 1.53. The first-order valence-electron chi connectivity index (χ1n) is 8.88. The summed E-state index contributed by atoms with van der Waals surface area (Å²) in [5, 5.41) is 4.13. The Balaban J connectivity index is 1.40. The molecule has 0 radical (unpaired) electrons. The summed E-state index contributed by atoms with van der Waals surface area (Å²) in [6.45, 7) is 1.40. The summed E-state index contributed by atoms with van der Waals surface area (Å²) in [7, 11) is 0. The molecule has 1 unspecified atom stereocenters. The van der Waals surface area contributed by atoms with Crippen LogP contribution in [0.1, 0.15) is 42.5 Å². The van der Waals surface area contributed by atoms with Crippen molar-refractivity contribution in [3.8, 4) is 0 Å². The number of likely N-dealkylation sites (tertiary alicyclic amines) is 1. The molecule has 1 aromatic carbocycles. The number of hydrogen-bond acceptors (Lipinski definition) is 2. The second kappa shape index (κ2) is 6.30. The molecule has 2 fully saturated rings. The van der Waals surface area contributed by atoms with E-state index in [2.05, 4.69) is 10.3 Å². The van der Waals surface area contributed by atoms with Crippen LogP contribution in [0.4, 0.5) is 0 Å². The van der Waals surface area contributed by atoms with Crippen LogP contribution in [-0.4, -0.2) is 40.8 Å². The third-order valence-corrected chi connectivity index (χ3v) is 5.37. The van der Waals surface area contributed by atoms with E-state index in [1.54, 1.807) is 0 Å². The van der Waals surface area contributed by atoms with Gasteiger partial charge < -0.3 is 15.2 Å². The highest BCUT2D eigenvalue weighted by Gasteiger charge is 2.32. The Morgan fingerprint density at radius 3 is 2.79 bits per heavy atom. The van der Waals surface area contributed by atoms with Crippen molar-refractivity contribution in [2.24, 2.45) is 5.92 Å². The Morgan fingerprint density at radius 1 is 1.12 bits per heavy atom. The summed E-state index contributed by atoms with van der Waals surface area (Å²) < 4.78 is 0. The standard InChI is InChI=1S/C19H23N3O2/c23-18(16-7-3-6-13-8-10-20-17(13)16)21-15-9-11-22(12-15)19(24)14-4-1-2-5-14/h3,6-8,10,14-15,20H,1-2,4-5,9,11-12H2,(H,21,23). The lowest BCUT2D eigenvalue weighted by Crippen LogP contribution is -2.39. The summed E-state index contributed by atoms with van der Waals surface area (Å²) in [6, 6.07) is 7.73. The van der Waals surface area contributed by atoms with E-state index in [0.29, 0.717) is 12.1 Å². The van der Waals surface area contributed by atoms with Crippen molar-refractivity contribution in [2.75, 3.05) is 13.1 Å². The Morgan fingerprint density at radius 2 is 1.96 bits per heavy atom. The molecule has 1 aromatic heterocycles. The second-order valence-corrected chi connectivity index (χ2v) is 6.97. The molecule has 1 atom stereocenters. The molecule has 1 aliphatic heterocycles. The Bertz CT molecular complexity index is 761. The zero-order chi connectivity index (χ0) is 16.5. The maximum absolute atomic E-state index is 12.6. The van der Waals surface area contributed by atoms with E-state index in [9.17, 15) is 9.59 Å². The first kappa shape index (κ1) is 15.2. The molecular weight excluding hydrogens is 302 g/mol. The molecule has 0 bridgehead atoms. The normalized spacial score (nSPS) is 21.5. The largest absolute Gasteiger partial charge is 0.361 e. The first-order valence-corrected chi connectivity index (χ1v) is 8.88. The molecule has 1 saturated heterocycles. The van der Waals surface area contributed by atoms with Gasteiger partial charge in [-0.25, -0.2) is 0 Å². The van der Waals surface area contributed by atoms with Gasteiger partial charge in [-0.05, 0) is 31.4 Å². The number of aromatic nitrogens is 1. The van der Waals surface area contributed by atoms with Crippen LogP contribution < -0.4 is 5.32 Å². The van der Waals surface area contributed by atoms with Gasteiger partial charge in [0.2, 0.25) is 5.91 Å². The van der Waals surface area contributed by atoms with Crippen LogP contribution in [0.2, 0.25) is 0 Å². The minimum absolute atomic E-state index is 0.0491. The number of carbonyl (C=O) groups is 2. The topological polar surface area (TPSA) is 65.2 Å². The van der Waals surface area contributed by atoms with Gasteiger partial charge in [0.25, 0.3) is 5.91 Å². The van der Waals surface area contributed by atoms with Gasteiger partial charge in [-0.3, -0.25) is 9.59 Å². The minimum Gasteiger partial charge on any atom is -0.361 e. The number of rotatable bonds is 3. The van der Waals surface area contributed by atoms with E-state index in [0.717, 1.165) is 36.7 Å². The summed E-state index contributed by atoms with van der Waals surface area (Å²) in [6.07, 6.45) is 7.08. The number of H-pyrrole nitrogens is 1. The second-order valence-electron chi connectivity index (χ2n) is 6.97.